The monoisotopic (exact) mass is 221 g/mol. The van der Waals surface area contributed by atoms with Crippen molar-refractivity contribution < 1.29 is 0 Å². The van der Waals surface area contributed by atoms with Crippen LogP contribution < -0.4 is 5.32 Å². The van der Waals surface area contributed by atoms with E-state index in [1.807, 2.05) is 11.8 Å². The Labute approximate surface area is 96.7 Å². The average molecular weight is 221 g/mol. The zero-order chi connectivity index (χ0) is 10.7. The normalized spacial score (nSPS) is 19.2. The number of benzene rings is 1. The van der Waals surface area contributed by atoms with Gasteiger partial charge in [-0.05, 0) is 37.1 Å². The van der Waals surface area contributed by atoms with Gasteiger partial charge >= 0.3 is 0 Å². The van der Waals surface area contributed by atoms with Crippen LogP contribution in [0.15, 0.2) is 18.2 Å². The maximum Gasteiger partial charge on any atom is 0.0326 e. The minimum Gasteiger partial charge on any atom is -0.309 e. The summed E-state index contributed by atoms with van der Waals surface area (Å²) in [7, 11) is 0. The average Bonchev–Trinajstić information content (AvgIpc) is 2.61. The lowest BCUT2D eigenvalue weighted by Gasteiger charge is -2.13. The second-order valence-corrected chi connectivity index (χ2v) is 5.23. The van der Waals surface area contributed by atoms with E-state index < -0.39 is 0 Å². The van der Waals surface area contributed by atoms with Crippen molar-refractivity contribution in [3.05, 3.63) is 34.9 Å². The summed E-state index contributed by atoms with van der Waals surface area (Å²) < 4.78 is 0. The number of hydrogen-bond acceptors (Lipinski definition) is 2. The Morgan fingerprint density at radius 3 is 3.13 bits per heavy atom. The first-order valence-corrected chi connectivity index (χ1v) is 7.02. The number of aryl methyl sites for hydroxylation is 2. The molecule has 0 aliphatic heterocycles. The van der Waals surface area contributed by atoms with Crippen molar-refractivity contribution in [3.8, 4) is 0 Å². The van der Waals surface area contributed by atoms with Gasteiger partial charge in [0.25, 0.3) is 0 Å². The summed E-state index contributed by atoms with van der Waals surface area (Å²) in [6.07, 6.45) is 4.68. The SMILES string of the molecule is CSCCNC1CCc2cc(C)ccc21. The molecule has 0 bridgehead atoms. The Kier molecular flexibility index (Phi) is 3.71. The Morgan fingerprint density at radius 1 is 1.47 bits per heavy atom. The van der Waals surface area contributed by atoms with Crippen molar-refractivity contribution in [1.82, 2.24) is 5.32 Å². The number of fused-ring (bicyclic) bond motifs is 1. The van der Waals surface area contributed by atoms with Gasteiger partial charge in [-0.25, -0.2) is 0 Å². The van der Waals surface area contributed by atoms with Crippen LogP contribution in [0, 0.1) is 6.92 Å². The standard InChI is InChI=1S/C13H19NS/c1-10-3-5-12-11(9-10)4-6-13(12)14-7-8-15-2/h3,5,9,13-14H,4,6-8H2,1-2H3. The van der Waals surface area contributed by atoms with E-state index in [1.165, 1.54) is 29.7 Å². The second kappa shape index (κ2) is 5.04. The van der Waals surface area contributed by atoms with Gasteiger partial charge in [-0.15, -0.1) is 0 Å². The molecule has 0 radical (unpaired) electrons. The van der Waals surface area contributed by atoms with Crippen molar-refractivity contribution >= 4 is 11.8 Å². The number of rotatable bonds is 4. The van der Waals surface area contributed by atoms with Gasteiger partial charge in [-0.3, -0.25) is 0 Å². The highest BCUT2D eigenvalue weighted by atomic mass is 32.2. The molecular weight excluding hydrogens is 202 g/mol. The van der Waals surface area contributed by atoms with Gasteiger partial charge in [0.2, 0.25) is 0 Å². The van der Waals surface area contributed by atoms with Gasteiger partial charge in [0.1, 0.15) is 0 Å². The molecule has 0 heterocycles. The topological polar surface area (TPSA) is 12.0 Å². The molecule has 0 aromatic heterocycles. The summed E-state index contributed by atoms with van der Waals surface area (Å²) in [6.45, 7) is 3.30. The molecule has 2 rings (SSSR count). The summed E-state index contributed by atoms with van der Waals surface area (Å²) in [4.78, 5) is 0. The number of hydrogen-bond donors (Lipinski definition) is 1. The molecule has 1 unspecified atom stereocenters. The zero-order valence-electron chi connectivity index (χ0n) is 9.55. The molecule has 2 heteroatoms. The van der Waals surface area contributed by atoms with Crippen LogP contribution in [0.5, 0.6) is 0 Å². The van der Waals surface area contributed by atoms with E-state index in [4.69, 9.17) is 0 Å². The lowest BCUT2D eigenvalue weighted by molar-refractivity contribution is 0.552. The smallest absolute Gasteiger partial charge is 0.0326 e. The molecule has 1 N–H and O–H groups in total. The third kappa shape index (κ3) is 2.56. The van der Waals surface area contributed by atoms with Crippen molar-refractivity contribution in [2.75, 3.05) is 18.6 Å². The fourth-order valence-corrected chi connectivity index (χ4v) is 2.62. The van der Waals surface area contributed by atoms with E-state index >= 15 is 0 Å². The maximum absolute atomic E-state index is 3.64. The summed E-state index contributed by atoms with van der Waals surface area (Å²) in [5.41, 5.74) is 4.47. The molecular formula is C13H19NS. The van der Waals surface area contributed by atoms with Gasteiger partial charge < -0.3 is 5.32 Å². The summed E-state index contributed by atoms with van der Waals surface area (Å²) in [6, 6.07) is 7.47. The van der Waals surface area contributed by atoms with Crippen LogP contribution in [-0.2, 0) is 6.42 Å². The van der Waals surface area contributed by atoms with Crippen molar-refractivity contribution in [2.24, 2.45) is 0 Å². The van der Waals surface area contributed by atoms with Gasteiger partial charge in [0.05, 0.1) is 0 Å². The minimum absolute atomic E-state index is 0.604. The predicted octanol–water partition coefficient (Wildman–Crippen LogP) is 2.93. The summed E-state index contributed by atoms with van der Waals surface area (Å²) >= 11 is 1.91. The quantitative estimate of drug-likeness (QED) is 0.785. The highest BCUT2D eigenvalue weighted by molar-refractivity contribution is 7.98. The number of nitrogens with one attached hydrogen (secondary N) is 1. The minimum atomic E-state index is 0.604. The van der Waals surface area contributed by atoms with E-state index in [0.717, 1.165) is 6.54 Å². The highest BCUT2D eigenvalue weighted by Crippen LogP contribution is 2.31. The molecule has 0 spiro atoms. The molecule has 1 nitrogen and oxygen atoms in total. The molecule has 1 atom stereocenters. The molecule has 15 heavy (non-hydrogen) atoms. The molecule has 1 aromatic rings. The molecule has 1 aliphatic carbocycles. The van der Waals surface area contributed by atoms with E-state index in [0.29, 0.717) is 6.04 Å². The Bertz CT molecular complexity index is 335. The largest absolute Gasteiger partial charge is 0.309 e. The molecule has 82 valence electrons. The molecule has 0 fully saturated rings. The lowest BCUT2D eigenvalue weighted by Crippen LogP contribution is -2.21. The van der Waals surface area contributed by atoms with Crippen molar-refractivity contribution in [1.29, 1.82) is 0 Å². The van der Waals surface area contributed by atoms with Crippen LogP contribution in [0.2, 0.25) is 0 Å². The first kappa shape index (κ1) is 11.0. The van der Waals surface area contributed by atoms with E-state index in [-0.39, 0.29) is 0 Å². The summed E-state index contributed by atoms with van der Waals surface area (Å²) in [5, 5.41) is 3.64. The molecule has 1 aliphatic rings. The van der Waals surface area contributed by atoms with Crippen LogP contribution in [0.4, 0.5) is 0 Å². The Balaban J connectivity index is 2.02. The van der Waals surface area contributed by atoms with E-state index in [2.05, 4.69) is 36.7 Å². The Hall–Kier alpha value is -0.470. The first-order valence-electron chi connectivity index (χ1n) is 5.63. The lowest BCUT2D eigenvalue weighted by atomic mass is 10.1. The van der Waals surface area contributed by atoms with Crippen molar-refractivity contribution in [3.63, 3.8) is 0 Å². The van der Waals surface area contributed by atoms with Gasteiger partial charge in [-0.1, -0.05) is 23.8 Å². The predicted molar refractivity (Wildman–Crippen MR) is 68.6 cm³/mol. The molecule has 1 aromatic carbocycles. The molecule has 0 saturated heterocycles. The zero-order valence-corrected chi connectivity index (χ0v) is 10.4. The summed E-state index contributed by atoms with van der Waals surface area (Å²) in [5.74, 6) is 1.21. The fraction of sp³-hybridized carbons (Fsp3) is 0.538. The molecule has 0 saturated carbocycles. The van der Waals surface area contributed by atoms with Gasteiger partial charge in [0.15, 0.2) is 0 Å². The third-order valence-electron chi connectivity index (χ3n) is 3.07. The van der Waals surface area contributed by atoms with Gasteiger partial charge in [-0.2, -0.15) is 11.8 Å². The fourth-order valence-electron chi connectivity index (χ4n) is 2.29. The Morgan fingerprint density at radius 2 is 2.33 bits per heavy atom. The third-order valence-corrected chi connectivity index (χ3v) is 3.69. The van der Waals surface area contributed by atoms with E-state index in [9.17, 15) is 0 Å². The maximum atomic E-state index is 3.64. The second-order valence-electron chi connectivity index (χ2n) is 4.24. The first-order chi connectivity index (χ1) is 7.31. The van der Waals surface area contributed by atoms with Crippen LogP contribution in [0.3, 0.4) is 0 Å². The van der Waals surface area contributed by atoms with E-state index in [1.54, 1.807) is 5.56 Å². The van der Waals surface area contributed by atoms with Crippen molar-refractivity contribution in [2.45, 2.75) is 25.8 Å². The van der Waals surface area contributed by atoms with Crippen LogP contribution in [0.25, 0.3) is 0 Å². The van der Waals surface area contributed by atoms with Crippen LogP contribution in [-0.4, -0.2) is 18.6 Å². The molecule has 0 amide bonds. The van der Waals surface area contributed by atoms with Crippen LogP contribution >= 0.6 is 11.8 Å². The van der Waals surface area contributed by atoms with Crippen LogP contribution in [0.1, 0.15) is 29.2 Å². The van der Waals surface area contributed by atoms with Gasteiger partial charge in [0, 0.05) is 18.3 Å². The highest BCUT2D eigenvalue weighted by Gasteiger charge is 2.21. The number of thioether (sulfide) groups is 1.